The van der Waals surface area contributed by atoms with Gasteiger partial charge in [0.25, 0.3) is 0 Å². The Morgan fingerprint density at radius 3 is 2.12 bits per heavy atom. The van der Waals surface area contributed by atoms with Crippen molar-refractivity contribution < 1.29 is 23.8 Å². The fourth-order valence-corrected chi connectivity index (χ4v) is 3.82. The van der Waals surface area contributed by atoms with Gasteiger partial charge in [-0.15, -0.1) is 0 Å². The van der Waals surface area contributed by atoms with E-state index in [1.807, 2.05) is 25.7 Å². The van der Waals surface area contributed by atoms with Crippen LogP contribution in [-0.4, -0.2) is 47.9 Å². The Morgan fingerprint density at radius 1 is 1.04 bits per heavy atom. The Morgan fingerprint density at radius 2 is 1.62 bits per heavy atom. The van der Waals surface area contributed by atoms with E-state index in [-0.39, 0.29) is 30.3 Å². The van der Waals surface area contributed by atoms with Gasteiger partial charge in [-0.25, -0.2) is 9.59 Å². The van der Waals surface area contributed by atoms with Gasteiger partial charge in [0.05, 0.1) is 12.7 Å². The van der Waals surface area contributed by atoms with Crippen molar-refractivity contribution in [2.45, 2.75) is 70.2 Å². The average molecular weight is 361 g/mol. The molecule has 1 amide bonds. The highest BCUT2D eigenvalue weighted by atomic mass is 16.6. The standard InChI is InChI=1S/C20H27NO5/c1-20(2,3)26-19(23)21-14-7-8-15(21)12-17(11-14)25-16-9-5-13(6-10-16)18(22)24-4/h5-6,9-10,14-15,17H,7-8,11-12H2,1-4H3/t14-,15+,17?. The number of amides is 1. The molecule has 0 aromatic heterocycles. The number of fused-ring (bicyclic) bond motifs is 2. The zero-order valence-corrected chi connectivity index (χ0v) is 15.9. The molecule has 2 aliphatic heterocycles. The van der Waals surface area contributed by atoms with Gasteiger partial charge in [-0.2, -0.15) is 0 Å². The maximum absolute atomic E-state index is 12.5. The van der Waals surface area contributed by atoms with Gasteiger partial charge >= 0.3 is 12.1 Å². The minimum absolute atomic E-state index is 0.0650. The maximum atomic E-state index is 12.5. The molecule has 2 saturated heterocycles. The van der Waals surface area contributed by atoms with Crippen LogP contribution in [-0.2, 0) is 9.47 Å². The van der Waals surface area contributed by atoms with Crippen LogP contribution in [0.1, 0.15) is 56.8 Å². The molecule has 2 heterocycles. The number of methoxy groups -OCH3 is 1. The van der Waals surface area contributed by atoms with Crippen molar-refractivity contribution in [1.29, 1.82) is 0 Å². The molecule has 6 heteroatoms. The number of nitrogens with zero attached hydrogens (tertiary/aromatic N) is 1. The smallest absolute Gasteiger partial charge is 0.410 e. The highest BCUT2D eigenvalue weighted by molar-refractivity contribution is 5.89. The molecule has 1 aromatic rings. The number of carbonyl (C=O) groups excluding carboxylic acids is 2. The molecule has 1 aromatic carbocycles. The Balaban J connectivity index is 1.60. The van der Waals surface area contributed by atoms with Crippen molar-refractivity contribution in [3.05, 3.63) is 29.8 Å². The largest absolute Gasteiger partial charge is 0.490 e. The molecule has 3 atom stereocenters. The monoisotopic (exact) mass is 361 g/mol. The predicted octanol–water partition coefficient (Wildman–Crippen LogP) is 3.78. The maximum Gasteiger partial charge on any atom is 0.410 e. The second-order valence-electron chi connectivity index (χ2n) is 8.00. The third-order valence-corrected chi connectivity index (χ3v) is 4.87. The van der Waals surface area contributed by atoms with Gasteiger partial charge in [0.1, 0.15) is 17.5 Å². The molecule has 0 spiro atoms. The summed E-state index contributed by atoms with van der Waals surface area (Å²) in [5.74, 6) is 0.369. The molecule has 0 aliphatic carbocycles. The Labute approximate surface area is 154 Å². The Hall–Kier alpha value is -2.24. The van der Waals surface area contributed by atoms with Gasteiger partial charge in [-0.05, 0) is 57.9 Å². The second kappa shape index (κ2) is 7.17. The van der Waals surface area contributed by atoms with E-state index in [9.17, 15) is 9.59 Å². The number of ether oxygens (including phenoxy) is 3. The van der Waals surface area contributed by atoms with E-state index in [1.165, 1.54) is 7.11 Å². The summed E-state index contributed by atoms with van der Waals surface area (Å²) in [6.45, 7) is 5.67. The molecular formula is C20H27NO5. The summed E-state index contributed by atoms with van der Waals surface area (Å²) in [6, 6.07) is 7.31. The van der Waals surface area contributed by atoms with Gasteiger partial charge in [0.2, 0.25) is 0 Å². The van der Waals surface area contributed by atoms with Crippen LogP contribution in [0.25, 0.3) is 0 Å². The Kier molecular flexibility index (Phi) is 5.12. The van der Waals surface area contributed by atoms with Gasteiger partial charge in [0, 0.05) is 24.9 Å². The molecule has 26 heavy (non-hydrogen) atoms. The fourth-order valence-electron chi connectivity index (χ4n) is 3.82. The zero-order valence-electron chi connectivity index (χ0n) is 15.9. The second-order valence-corrected chi connectivity index (χ2v) is 8.00. The Bertz CT molecular complexity index is 650. The molecule has 2 fully saturated rings. The van der Waals surface area contributed by atoms with Gasteiger partial charge in [0.15, 0.2) is 0 Å². The molecule has 2 aliphatic rings. The number of carbonyl (C=O) groups is 2. The minimum atomic E-state index is -0.481. The van der Waals surface area contributed by atoms with E-state index in [2.05, 4.69) is 0 Å². The first-order valence-electron chi connectivity index (χ1n) is 9.13. The zero-order chi connectivity index (χ0) is 18.9. The lowest BCUT2D eigenvalue weighted by Crippen LogP contribution is -2.50. The first-order chi connectivity index (χ1) is 12.3. The van der Waals surface area contributed by atoms with Crippen LogP contribution in [0.15, 0.2) is 24.3 Å². The van der Waals surface area contributed by atoms with Crippen LogP contribution in [0, 0.1) is 0 Å². The van der Waals surface area contributed by atoms with Gasteiger partial charge < -0.3 is 19.1 Å². The van der Waals surface area contributed by atoms with E-state index in [4.69, 9.17) is 14.2 Å². The van der Waals surface area contributed by atoms with Gasteiger partial charge in [-0.3, -0.25) is 0 Å². The first-order valence-corrected chi connectivity index (χ1v) is 9.13. The van der Waals surface area contributed by atoms with Crippen molar-refractivity contribution in [3.8, 4) is 5.75 Å². The van der Waals surface area contributed by atoms with Gasteiger partial charge in [-0.1, -0.05) is 0 Å². The SMILES string of the molecule is COC(=O)c1ccc(OC2C[C@H]3CC[C@@H](C2)N3C(=O)OC(C)(C)C)cc1. The summed E-state index contributed by atoms with van der Waals surface area (Å²) in [4.78, 5) is 25.9. The lowest BCUT2D eigenvalue weighted by Gasteiger charge is -2.39. The lowest BCUT2D eigenvalue weighted by atomic mass is 10.00. The molecule has 142 valence electrons. The van der Waals surface area contributed by atoms with Crippen LogP contribution in [0.2, 0.25) is 0 Å². The van der Waals surface area contributed by atoms with Crippen molar-refractivity contribution in [1.82, 2.24) is 4.90 Å². The normalized spacial score (nSPS) is 24.9. The summed E-state index contributed by atoms with van der Waals surface area (Å²) in [7, 11) is 1.36. The summed E-state index contributed by atoms with van der Waals surface area (Å²) in [5, 5.41) is 0. The fraction of sp³-hybridized carbons (Fsp3) is 0.600. The van der Waals surface area contributed by atoms with Crippen LogP contribution < -0.4 is 4.74 Å². The quantitative estimate of drug-likeness (QED) is 0.767. The van der Waals surface area contributed by atoms with Crippen molar-refractivity contribution >= 4 is 12.1 Å². The van der Waals surface area contributed by atoms with E-state index in [0.29, 0.717) is 5.56 Å². The number of piperidine rings is 1. The third kappa shape index (κ3) is 4.11. The van der Waals surface area contributed by atoms with Crippen molar-refractivity contribution in [3.63, 3.8) is 0 Å². The molecule has 1 unspecified atom stereocenters. The molecule has 0 N–H and O–H groups in total. The lowest BCUT2D eigenvalue weighted by molar-refractivity contribution is -0.00707. The minimum Gasteiger partial charge on any atom is -0.490 e. The molecule has 0 saturated carbocycles. The highest BCUT2D eigenvalue weighted by Gasteiger charge is 2.45. The summed E-state index contributed by atoms with van der Waals surface area (Å²) < 4.78 is 16.4. The molecule has 2 bridgehead atoms. The third-order valence-electron chi connectivity index (χ3n) is 4.87. The van der Waals surface area contributed by atoms with Crippen LogP contribution in [0.3, 0.4) is 0 Å². The predicted molar refractivity (Wildman–Crippen MR) is 96.3 cm³/mol. The summed E-state index contributed by atoms with van der Waals surface area (Å²) >= 11 is 0. The topological polar surface area (TPSA) is 65.1 Å². The van der Waals surface area contributed by atoms with E-state index >= 15 is 0 Å². The first kappa shape index (κ1) is 18.5. The number of esters is 1. The molecular weight excluding hydrogens is 334 g/mol. The van der Waals surface area contributed by atoms with Crippen molar-refractivity contribution in [2.24, 2.45) is 0 Å². The average Bonchev–Trinajstić information content (AvgIpc) is 2.85. The number of rotatable bonds is 3. The van der Waals surface area contributed by atoms with E-state index < -0.39 is 5.60 Å². The summed E-state index contributed by atoms with van der Waals surface area (Å²) in [6.07, 6.45) is 3.43. The molecule has 0 radical (unpaired) electrons. The summed E-state index contributed by atoms with van der Waals surface area (Å²) in [5.41, 5.74) is 0.0188. The van der Waals surface area contributed by atoms with Crippen molar-refractivity contribution in [2.75, 3.05) is 7.11 Å². The number of hydrogen-bond acceptors (Lipinski definition) is 5. The number of benzene rings is 1. The highest BCUT2D eigenvalue weighted by Crippen LogP contribution is 2.38. The van der Waals surface area contributed by atoms with Crippen LogP contribution in [0.4, 0.5) is 4.79 Å². The van der Waals surface area contributed by atoms with Crippen LogP contribution in [0.5, 0.6) is 5.75 Å². The molecule has 3 rings (SSSR count). The van der Waals surface area contributed by atoms with E-state index in [1.54, 1.807) is 24.3 Å². The van der Waals surface area contributed by atoms with Crippen LogP contribution >= 0.6 is 0 Å². The molecule has 6 nitrogen and oxygen atoms in total. The number of hydrogen-bond donors (Lipinski definition) is 0. The van der Waals surface area contributed by atoms with E-state index in [0.717, 1.165) is 31.4 Å².